The zero-order valence-corrected chi connectivity index (χ0v) is 21.1. The Labute approximate surface area is 211 Å². The predicted molar refractivity (Wildman–Crippen MR) is 136 cm³/mol. The zero-order valence-electron chi connectivity index (χ0n) is 20.3. The topological polar surface area (TPSA) is 78.0 Å². The van der Waals surface area contributed by atoms with Crippen molar-refractivity contribution in [2.75, 3.05) is 11.4 Å². The molecule has 3 aromatic carbocycles. The second-order valence-electron chi connectivity index (χ2n) is 9.93. The van der Waals surface area contributed by atoms with Crippen LogP contribution in [-0.4, -0.2) is 55.3 Å². The SMILES string of the molecule is Cc1ccc([C@]23C[C@H]4C(=O)N(C)[C@@H](C)C(=O)N4[C@H]2N(S(=O)(=O)c2ccccc2)c2ccccc23)cc1. The van der Waals surface area contributed by atoms with E-state index in [1.54, 1.807) is 55.3 Å². The van der Waals surface area contributed by atoms with Gasteiger partial charge in [0.05, 0.1) is 16.0 Å². The number of amides is 2. The monoisotopic (exact) mass is 501 g/mol. The molecule has 2 fully saturated rings. The average Bonchev–Trinajstić information content (AvgIpc) is 3.38. The van der Waals surface area contributed by atoms with Crippen LogP contribution in [0.15, 0.2) is 83.8 Å². The van der Waals surface area contributed by atoms with Crippen molar-refractivity contribution < 1.29 is 18.0 Å². The number of para-hydroxylation sites is 1. The molecule has 3 aliphatic rings. The zero-order chi connectivity index (χ0) is 25.4. The van der Waals surface area contributed by atoms with Crippen LogP contribution in [0.4, 0.5) is 5.69 Å². The first kappa shape index (κ1) is 22.8. The summed E-state index contributed by atoms with van der Waals surface area (Å²) in [6.07, 6.45) is -0.597. The molecule has 0 saturated carbocycles. The van der Waals surface area contributed by atoms with Crippen LogP contribution < -0.4 is 4.31 Å². The van der Waals surface area contributed by atoms with Crippen LogP contribution in [0, 0.1) is 6.92 Å². The first-order valence-corrected chi connectivity index (χ1v) is 13.5. The van der Waals surface area contributed by atoms with E-state index in [1.165, 1.54) is 9.21 Å². The lowest BCUT2D eigenvalue weighted by molar-refractivity contribution is -0.158. The summed E-state index contributed by atoms with van der Waals surface area (Å²) >= 11 is 0. The second-order valence-corrected chi connectivity index (χ2v) is 11.7. The molecule has 0 aromatic heterocycles. The number of nitrogens with zero attached hydrogens (tertiary/aromatic N) is 3. The third kappa shape index (κ3) is 2.82. The van der Waals surface area contributed by atoms with Gasteiger partial charge in [0, 0.05) is 7.05 Å². The molecule has 0 N–H and O–H groups in total. The lowest BCUT2D eigenvalue weighted by Gasteiger charge is -2.44. The van der Waals surface area contributed by atoms with Crippen LogP contribution in [0.1, 0.15) is 30.0 Å². The van der Waals surface area contributed by atoms with Gasteiger partial charge in [-0.05, 0) is 49.6 Å². The summed E-state index contributed by atoms with van der Waals surface area (Å²) in [7, 11) is -2.43. The van der Waals surface area contributed by atoms with E-state index in [2.05, 4.69) is 0 Å². The van der Waals surface area contributed by atoms with E-state index in [1.807, 2.05) is 49.4 Å². The molecule has 2 amide bonds. The smallest absolute Gasteiger partial charge is 0.266 e. The number of anilines is 1. The van der Waals surface area contributed by atoms with E-state index in [0.29, 0.717) is 12.1 Å². The molecule has 36 heavy (non-hydrogen) atoms. The number of aryl methyl sites for hydroxylation is 1. The molecule has 3 aromatic rings. The number of carbonyl (C=O) groups is 2. The highest BCUT2D eigenvalue weighted by Crippen LogP contribution is 2.59. The Morgan fingerprint density at radius 3 is 2.19 bits per heavy atom. The Kier molecular flexibility index (Phi) is 4.86. The van der Waals surface area contributed by atoms with Gasteiger partial charge in [-0.3, -0.25) is 9.59 Å². The van der Waals surface area contributed by atoms with E-state index >= 15 is 0 Å². The molecular weight excluding hydrogens is 474 g/mol. The Balaban J connectivity index is 1.67. The molecule has 4 atom stereocenters. The number of benzene rings is 3. The second kappa shape index (κ2) is 7.67. The van der Waals surface area contributed by atoms with E-state index in [9.17, 15) is 18.0 Å². The van der Waals surface area contributed by atoms with Crippen molar-refractivity contribution in [3.63, 3.8) is 0 Å². The first-order chi connectivity index (χ1) is 17.2. The highest BCUT2D eigenvalue weighted by Gasteiger charge is 2.68. The normalized spacial score (nSPS) is 27.2. The standard InChI is InChI=1S/C28H27N3O4S/c1-18-13-15-20(16-14-18)28-17-24-26(33)29(3)19(2)25(32)30(24)27(28)31(23-12-8-7-11-22(23)28)36(34,35)21-9-5-4-6-10-21/h4-16,19,24,27H,17H2,1-3H3/t19-,24-,27-,28-/m0/s1. The Hall–Kier alpha value is -3.65. The van der Waals surface area contributed by atoms with Crippen molar-refractivity contribution >= 4 is 27.5 Å². The molecule has 0 spiro atoms. The van der Waals surface area contributed by atoms with Crippen LogP contribution in [0.2, 0.25) is 0 Å². The van der Waals surface area contributed by atoms with Crippen LogP contribution in [0.5, 0.6) is 0 Å². The van der Waals surface area contributed by atoms with Gasteiger partial charge in [-0.2, -0.15) is 0 Å². The van der Waals surface area contributed by atoms with E-state index in [4.69, 9.17) is 0 Å². The number of hydrogen-bond donors (Lipinski definition) is 0. The number of likely N-dealkylation sites (N-methyl/N-ethyl adjacent to an activating group) is 1. The summed E-state index contributed by atoms with van der Waals surface area (Å²) in [4.78, 5) is 30.5. The Morgan fingerprint density at radius 2 is 1.50 bits per heavy atom. The summed E-state index contributed by atoms with van der Waals surface area (Å²) < 4.78 is 29.9. The maximum atomic E-state index is 14.3. The molecule has 0 aliphatic carbocycles. The van der Waals surface area contributed by atoms with E-state index in [0.717, 1.165) is 16.7 Å². The minimum Gasteiger partial charge on any atom is -0.332 e. The fourth-order valence-corrected chi connectivity index (χ4v) is 7.87. The summed E-state index contributed by atoms with van der Waals surface area (Å²) in [6, 6.07) is 22.2. The third-order valence-corrected chi connectivity index (χ3v) is 9.87. The highest BCUT2D eigenvalue weighted by molar-refractivity contribution is 7.92. The fourth-order valence-electron chi connectivity index (χ4n) is 6.18. The lowest BCUT2D eigenvalue weighted by Crippen LogP contribution is -2.65. The number of piperazine rings is 1. The third-order valence-electron chi connectivity index (χ3n) is 8.09. The summed E-state index contributed by atoms with van der Waals surface area (Å²) in [5, 5.41) is 0. The molecule has 0 bridgehead atoms. The van der Waals surface area contributed by atoms with Crippen molar-refractivity contribution in [2.24, 2.45) is 0 Å². The van der Waals surface area contributed by atoms with Gasteiger partial charge in [0.2, 0.25) is 11.8 Å². The van der Waals surface area contributed by atoms with Gasteiger partial charge in [0.1, 0.15) is 18.2 Å². The fraction of sp³-hybridized carbons (Fsp3) is 0.286. The molecule has 2 saturated heterocycles. The molecule has 3 aliphatic heterocycles. The highest BCUT2D eigenvalue weighted by atomic mass is 32.2. The number of carbonyl (C=O) groups excluding carboxylic acids is 2. The maximum absolute atomic E-state index is 14.3. The Bertz CT molecular complexity index is 1490. The number of hydrogen-bond acceptors (Lipinski definition) is 4. The first-order valence-electron chi connectivity index (χ1n) is 12.0. The van der Waals surface area contributed by atoms with Crippen LogP contribution in [-0.2, 0) is 25.0 Å². The number of sulfonamides is 1. The van der Waals surface area contributed by atoms with Gasteiger partial charge in [0.15, 0.2) is 0 Å². The van der Waals surface area contributed by atoms with Gasteiger partial charge in [0.25, 0.3) is 10.0 Å². The molecular formula is C28H27N3O4S. The Morgan fingerprint density at radius 1 is 0.861 bits per heavy atom. The maximum Gasteiger partial charge on any atom is 0.266 e. The van der Waals surface area contributed by atoms with Crippen molar-refractivity contribution in [3.8, 4) is 0 Å². The number of rotatable bonds is 3. The van der Waals surface area contributed by atoms with Gasteiger partial charge < -0.3 is 9.80 Å². The summed E-state index contributed by atoms with van der Waals surface area (Å²) in [5.74, 6) is -0.417. The van der Waals surface area contributed by atoms with Crippen molar-refractivity contribution in [2.45, 2.75) is 48.8 Å². The largest absolute Gasteiger partial charge is 0.332 e. The summed E-state index contributed by atoms with van der Waals surface area (Å²) in [6.45, 7) is 3.69. The van der Waals surface area contributed by atoms with Gasteiger partial charge in [-0.25, -0.2) is 12.7 Å². The summed E-state index contributed by atoms with van der Waals surface area (Å²) in [5.41, 5.74) is 2.41. The van der Waals surface area contributed by atoms with E-state index in [-0.39, 0.29) is 16.7 Å². The van der Waals surface area contributed by atoms with Gasteiger partial charge >= 0.3 is 0 Å². The van der Waals surface area contributed by atoms with Gasteiger partial charge in [-0.15, -0.1) is 0 Å². The average molecular weight is 502 g/mol. The van der Waals surface area contributed by atoms with Gasteiger partial charge in [-0.1, -0.05) is 66.2 Å². The molecule has 184 valence electrons. The van der Waals surface area contributed by atoms with Crippen molar-refractivity contribution in [1.29, 1.82) is 0 Å². The minimum absolute atomic E-state index is 0.143. The van der Waals surface area contributed by atoms with Crippen molar-refractivity contribution in [1.82, 2.24) is 9.80 Å². The molecule has 3 heterocycles. The van der Waals surface area contributed by atoms with Crippen LogP contribution >= 0.6 is 0 Å². The van der Waals surface area contributed by atoms with Crippen LogP contribution in [0.3, 0.4) is 0 Å². The number of fused-ring (bicyclic) bond motifs is 5. The van der Waals surface area contributed by atoms with E-state index < -0.39 is 33.7 Å². The van der Waals surface area contributed by atoms with Crippen LogP contribution in [0.25, 0.3) is 0 Å². The molecule has 0 radical (unpaired) electrons. The molecule has 0 unspecified atom stereocenters. The lowest BCUT2D eigenvalue weighted by atomic mass is 9.72. The minimum atomic E-state index is -4.07. The predicted octanol–water partition coefficient (Wildman–Crippen LogP) is 3.28. The molecule has 7 nitrogen and oxygen atoms in total. The quantitative estimate of drug-likeness (QED) is 0.552. The molecule has 8 heteroatoms. The van der Waals surface area contributed by atoms with Crippen molar-refractivity contribution in [3.05, 3.63) is 95.6 Å². The molecule has 6 rings (SSSR count).